The Kier molecular flexibility index (Phi) is 5.51. The van der Waals surface area contributed by atoms with Crippen LogP contribution in [-0.2, 0) is 6.61 Å². The first-order valence-electron chi connectivity index (χ1n) is 8.42. The van der Waals surface area contributed by atoms with Crippen LogP contribution < -0.4 is 4.74 Å². The minimum atomic E-state index is -1.07. The van der Waals surface area contributed by atoms with Crippen LogP contribution in [0.3, 0.4) is 0 Å². The number of carbonyl (C=O) groups is 1. The fraction of sp³-hybridized carbons (Fsp3) is 0.444. The van der Waals surface area contributed by atoms with E-state index in [4.69, 9.17) is 9.15 Å². The molecule has 1 aromatic carbocycles. The fourth-order valence-electron chi connectivity index (χ4n) is 3.01. The molecule has 6 nitrogen and oxygen atoms in total. The molecule has 1 amide bonds. The molecule has 1 aliphatic rings. The van der Waals surface area contributed by atoms with Crippen molar-refractivity contribution in [1.29, 1.82) is 0 Å². The summed E-state index contributed by atoms with van der Waals surface area (Å²) in [7, 11) is 3.77. The number of aromatic nitrogens is 1. The zero-order chi connectivity index (χ0) is 18.7. The number of amides is 1. The number of hydrogen-bond donors (Lipinski definition) is 0. The smallest absolute Gasteiger partial charge is 0.275 e. The molecule has 3 rings (SSSR count). The number of likely N-dealkylation sites (N-methyl/N-ethyl adjacent to an activating group) is 2. The Bertz CT molecular complexity index is 781. The zero-order valence-electron chi connectivity index (χ0n) is 14.7. The number of ether oxygens (including phenoxy) is 1. The van der Waals surface area contributed by atoms with Crippen LogP contribution in [0.25, 0.3) is 0 Å². The second kappa shape index (κ2) is 7.82. The van der Waals surface area contributed by atoms with Gasteiger partial charge in [0.1, 0.15) is 6.26 Å². The summed E-state index contributed by atoms with van der Waals surface area (Å²) in [5, 5.41) is 0. The molecule has 0 unspecified atom stereocenters. The number of oxazole rings is 1. The average molecular weight is 365 g/mol. The van der Waals surface area contributed by atoms with E-state index in [2.05, 4.69) is 9.88 Å². The molecule has 140 valence electrons. The molecule has 2 aromatic rings. The van der Waals surface area contributed by atoms with E-state index in [1.807, 2.05) is 7.05 Å². The minimum Gasteiger partial charge on any atom is -0.481 e. The number of nitrogens with zero attached hydrogens (tertiary/aromatic N) is 3. The molecule has 0 aliphatic carbocycles. The lowest BCUT2D eigenvalue weighted by Crippen LogP contribution is -2.39. The van der Waals surface area contributed by atoms with Crippen molar-refractivity contribution in [3.05, 3.63) is 47.7 Å². The summed E-state index contributed by atoms with van der Waals surface area (Å²) >= 11 is 0. The molecule has 1 aromatic heterocycles. The van der Waals surface area contributed by atoms with Crippen molar-refractivity contribution in [2.75, 3.05) is 27.2 Å². The fourth-order valence-corrected chi connectivity index (χ4v) is 3.01. The first-order valence-corrected chi connectivity index (χ1v) is 8.42. The number of hydrogen-bond acceptors (Lipinski definition) is 5. The number of rotatable bonds is 6. The molecule has 1 fully saturated rings. The summed E-state index contributed by atoms with van der Waals surface area (Å²) < 4.78 is 37.1. The zero-order valence-corrected chi connectivity index (χ0v) is 14.7. The minimum absolute atomic E-state index is 0.114. The lowest BCUT2D eigenvalue weighted by atomic mass is 10.2. The van der Waals surface area contributed by atoms with Gasteiger partial charge in [0, 0.05) is 19.6 Å². The highest BCUT2D eigenvalue weighted by molar-refractivity contribution is 5.91. The molecule has 0 N–H and O–H groups in total. The molecular formula is C18H21F2N3O3. The van der Waals surface area contributed by atoms with Gasteiger partial charge in [0.15, 0.2) is 23.9 Å². The third-order valence-electron chi connectivity index (χ3n) is 4.54. The van der Waals surface area contributed by atoms with Crippen LogP contribution in [0.15, 0.2) is 28.9 Å². The van der Waals surface area contributed by atoms with Crippen LogP contribution in [0.2, 0.25) is 0 Å². The lowest BCUT2D eigenvalue weighted by molar-refractivity contribution is 0.0755. The maximum atomic E-state index is 13.6. The van der Waals surface area contributed by atoms with Gasteiger partial charge < -0.3 is 19.0 Å². The van der Waals surface area contributed by atoms with Gasteiger partial charge in [0.2, 0.25) is 11.7 Å². The van der Waals surface area contributed by atoms with Gasteiger partial charge in [0.05, 0.1) is 0 Å². The highest BCUT2D eigenvalue weighted by Crippen LogP contribution is 2.20. The number of carbonyl (C=O) groups excluding carboxylic acids is 1. The van der Waals surface area contributed by atoms with E-state index in [-0.39, 0.29) is 29.8 Å². The van der Waals surface area contributed by atoms with Gasteiger partial charge in [-0.05, 0) is 38.6 Å². The molecule has 2 heterocycles. The SMILES string of the molecule is CN(C[C@@H]1CCCN1C)C(=O)c1coc(COc2cccc(F)c2F)n1. The van der Waals surface area contributed by atoms with Crippen molar-refractivity contribution in [2.24, 2.45) is 0 Å². The van der Waals surface area contributed by atoms with Crippen LogP contribution >= 0.6 is 0 Å². The Balaban J connectivity index is 1.58. The Morgan fingerprint density at radius 2 is 2.27 bits per heavy atom. The van der Waals surface area contributed by atoms with E-state index in [1.54, 1.807) is 11.9 Å². The second-order valence-corrected chi connectivity index (χ2v) is 6.43. The van der Waals surface area contributed by atoms with Crippen molar-refractivity contribution < 1.29 is 22.7 Å². The van der Waals surface area contributed by atoms with Gasteiger partial charge in [-0.25, -0.2) is 9.37 Å². The van der Waals surface area contributed by atoms with Crippen molar-refractivity contribution in [2.45, 2.75) is 25.5 Å². The summed E-state index contributed by atoms with van der Waals surface area (Å²) in [4.78, 5) is 20.4. The molecule has 0 spiro atoms. The van der Waals surface area contributed by atoms with Gasteiger partial charge in [-0.1, -0.05) is 6.07 Å². The highest BCUT2D eigenvalue weighted by Gasteiger charge is 2.25. The summed E-state index contributed by atoms with van der Waals surface area (Å²) in [6.45, 7) is 1.44. The molecule has 1 aliphatic heterocycles. The predicted octanol–water partition coefficient (Wildman–Crippen LogP) is 2.70. The molecular weight excluding hydrogens is 344 g/mol. The molecule has 0 radical (unpaired) electrons. The van der Waals surface area contributed by atoms with Gasteiger partial charge in [-0.15, -0.1) is 0 Å². The van der Waals surface area contributed by atoms with E-state index < -0.39 is 11.6 Å². The molecule has 8 heteroatoms. The normalized spacial score (nSPS) is 17.5. The Hall–Kier alpha value is -2.48. The first-order chi connectivity index (χ1) is 12.5. The summed E-state index contributed by atoms with van der Waals surface area (Å²) in [5.41, 5.74) is 0.159. The monoisotopic (exact) mass is 365 g/mol. The van der Waals surface area contributed by atoms with E-state index in [9.17, 15) is 13.6 Å². The van der Waals surface area contributed by atoms with Gasteiger partial charge in [-0.2, -0.15) is 4.39 Å². The Morgan fingerprint density at radius 3 is 3.00 bits per heavy atom. The summed E-state index contributed by atoms with van der Waals surface area (Å²) in [5.74, 6) is -2.45. The van der Waals surface area contributed by atoms with Crippen LogP contribution in [0.5, 0.6) is 5.75 Å². The third-order valence-corrected chi connectivity index (χ3v) is 4.54. The molecule has 0 saturated carbocycles. The third kappa shape index (κ3) is 4.01. The summed E-state index contributed by atoms with van der Waals surface area (Å²) in [6, 6.07) is 3.99. The largest absolute Gasteiger partial charge is 0.481 e. The van der Waals surface area contributed by atoms with Crippen molar-refractivity contribution in [3.63, 3.8) is 0 Å². The Morgan fingerprint density at radius 1 is 1.46 bits per heavy atom. The van der Waals surface area contributed by atoms with Crippen LogP contribution in [0, 0.1) is 11.6 Å². The average Bonchev–Trinajstić information content (AvgIpc) is 3.25. The van der Waals surface area contributed by atoms with Crippen molar-refractivity contribution in [3.8, 4) is 5.75 Å². The highest BCUT2D eigenvalue weighted by atomic mass is 19.2. The number of benzene rings is 1. The molecule has 1 saturated heterocycles. The molecule has 0 bridgehead atoms. The van der Waals surface area contributed by atoms with E-state index in [0.717, 1.165) is 25.5 Å². The van der Waals surface area contributed by atoms with Gasteiger partial charge >= 0.3 is 0 Å². The number of halogens is 2. The van der Waals surface area contributed by atoms with E-state index in [0.29, 0.717) is 12.6 Å². The Labute approximate surface area is 150 Å². The predicted molar refractivity (Wildman–Crippen MR) is 89.8 cm³/mol. The van der Waals surface area contributed by atoms with Crippen LogP contribution in [0.4, 0.5) is 8.78 Å². The van der Waals surface area contributed by atoms with Crippen LogP contribution in [0.1, 0.15) is 29.2 Å². The lowest BCUT2D eigenvalue weighted by Gasteiger charge is -2.25. The molecule has 1 atom stereocenters. The van der Waals surface area contributed by atoms with E-state index >= 15 is 0 Å². The van der Waals surface area contributed by atoms with Gasteiger partial charge in [-0.3, -0.25) is 4.79 Å². The quantitative estimate of drug-likeness (QED) is 0.788. The topological polar surface area (TPSA) is 58.8 Å². The van der Waals surface area contributed by atoms with Crippen molar-refractivity contribution in [1.82, 2.24) is 14.8 Å². The van der Waals surface area contributed by atoms with Crippen molar-refractivity contribution >= 4 is 5.91 Å². The molecule has 26 heavy (non-hydrogen) atoms. The maximum Gasteiger partial charge on any atom is 0.275 e. The van der Waals surface area contributed by atoms with E-state index in [1.165, 1.54) is 18.4 Å². The van der Waals surface area contributed by atoms with Gasteiger partial charge in [0.25, 0.3) is 5.91 Å². The number of likely N-dealkylation sites (tertiary alicyclic amines) is 1. The van der Waals surface area contributed by atoms with Crippen LogP contribution in [-0.4, -0.2) is 53.9 Å². The summed E-state index contributed by atoms with van der Waals surface area (Å²) in [6.07, 6.45) is 3.44. The second-order valence-electron chi connectivity index (χ2n) is 6.43. The first kappa shape index (κ1) is 18.3. The maximum absolute atomic E-state index is 13.6. The standard InChI is InChI=1S/C18H21F2N3O3/c1-22-8-4-5-12(22)9-23(2)18(24)14-10-26-16(21-14)11-25-15-7-3-6-13(19)17(15)20/h3,6-7,10,12H,4-5,8-9,11H2,1-2H3/t12-/m0/s1.